The van der Waals surface area contributed by atoms with Crippen LogP contribution in [0.5, 0.6) is 5.75 Å². The van der Waals surface area contributed by atoms with Crippen LogP contribution in [0.2, 0.25) is 0 Å². The largest absolute Gasteiger partial charge is 0.468 e. The molecular weight excluding hydrogens is 232 g/mol. The van der Waals surface area contributed by atoms with Crippen molar-refractivity contribution in [2.24, 2.45) is 5.92 Å². The lowest BCUT2D eigenvalue weighted by Gasteiger charge is -2.05. The SMILES string of the molecule is CCOC(=O)[C@@H]1C[C@H]1c1ccc(OCOC)cc1. The normalized spacial score (nSPS) is 21.4. The fraction of sp³-hybridized carbons (Fsp3) is 0.500. The molecule has 0 spiro atoms. The molecule has 1 aromatic carbocycles. The highest BCUT2D eigenvalue weighted by Gasteiger charge is 2.44. The van der Waals surface area contributed by atoms with Crippen molar-refractivity contribution < 1.29 is 19.0 Å². The van der Waals surface area contributed by atoms with E-state index in [0.717, 1.165) is 17.7 Å². The Balaban J connectivity index is 1.90. The molecule has 0 N–H and O–H groups in total. The number of carbonyl (C=O) groups is 1. The number of esters is 1. The fourth-order valence-corrected chi connectivity index (χ4v) is 2.01. The number of ether oxygens (including phenoxy) is 3. The average molecular weight is 250 g/mol. The van der Waals surface area contributed by atoms with Gasteiger partial charge in [-0.25, -0.2) is 0 Å². The van der Waals surface area contributed by atoms with Crippen molar-refractivity contribution in [2.75, 3.05) is 20.5 Å². The minimum absolute atomic E-state index is 0.0377. The molecule has 0 amide bonds. The molecule has 0 bridgehead atoms. The Morgan fingerprint density at radius 2 is 2.06 bits per heavy atom. The van der Waals surface area contributed by atoms with Crippen LogP contribution in [0.15, 0.2) is 24.3 Å². The molecule has 4 heteroatoms. The minimum Gasteiger partial charge on any atom is -0.468 e. The minimum atomic E-state index is -0.0813. The summed E-state index contributed by atoms with van der Waals surface area (Å²) in [5.74, 6) is 1.03. The van der Waals surface area contributed by atoms with E-state index in [-0.39, 0.29) is 18.7 Å². The van der Waals surface area contributed by atoms with Crippen molar-refractivity contribution in [1.29, 1.82) is 0 Å². The third-order valence-electron chi connectivity index (χ3n) is 3.03. The predicted molar refractivity (Wildman–Crippen MR) is 66.4 cm³/mol. The van der Waals surface area contributed by atoms with Crippen molar-refractivity contribution >= 4 is 5.97 Å². The van der Waals surface area contributed by atoms with E-state index in [4.69, 9.17) is 14.2 Å². The lowest BCUT2D eigenvalue weighted by molar-refractivity contribution is -0.144. The number of benzene rings is 1. The summed E-state index contributed by atoms with van der Waals surface area (Å²) < 4.78 is 15.2. The molecule has 0 unspecified atom stereocenters. The van der Waals surface area contributed by atoms with E-state index >= 15 is 0 Å². The Kier molecular flexibility index (Phi) is 4.20. The van der Waals surface area contributed by atoms with E-state index < -0.39 is 0 Å². The van der Waals surface area contributed by atoms with E-state index in [2.05, 4.69) is 0 Å². The Morgan fingerprint density at radius 3 is 2.67 bits per heavy atom. The molecule has 1 saturated carbocycles. The smallest absolute Gasteiger partial charge is 0.309 e. The number of rotatable bonds is 6. The van der Waals surface area contributed by atoms with E-state index in [1.165, 1.54) is 0 Å². The highest BCUT2D eigenvalue weighted by molar-refractivity contribution is 5.77. The summed E-state index contributed by atoms with van der Waals surface area (Å²) in [7, 11) is 1.59. The summed E-state index contributed by atoms with van der Waals surface area (Å²) in [6.45, 7) is 2.53. The second-order valence-electron chi connectivity index (χ2n) is 4.32. The van der Waals surface area contributed by atoms with Gasteiger partial charge in [-0.3, -0.25) is 4.79 Å². The maximum Gasteiger partial charge on any atom is 0.309 e. The molecule has 1 aromatic rings. The molecule has 0 aliphatic heterocycles. The van der Waals surface area contributed by atoms with Crippen LogP contribution in [0, 0.1) is 5.92 Å². The maximum absolute atomic E-state index is 11.5. The third kappa shape index (κ3) is 3.01. The van der Waals surface area contributed by atoms with Crippen LogP contribution >= 0.6 is 0 Å². The van der Waals surface area contributed by atoms with Crippen molar-refractivity contribution in [1.82, 2.24) is 0 Å². The van der Waals surface area contributed by atoms with Gasteiger partial charge in [0.15, 0.2) is 6.79 Å². The van der Waals surface area contributed by atoms with Crippen molar-refractivity contribution in [2.45, 2.75) is 19.3 Å². The Labute approximate surface area is 107 Å². The van der Waals surface area contributed by atoms with Crippen LogP contribution in [0.4, 0.5) is 0 Å². The summed E-state index contributed by atoms with van der Waals surface area (Å²) in [4.78, 5) is 11.5. The van der Waals surface area contributed by atoms with Crippen LogP contribution in [-0.4, -0.2) is 26.5 Å². The van der Waals surface area contributed by atoms with Gasteiger partial charge in [-0.1, -0.05) is 12.1 Å². The van der Waals surface area contributed by atoms with Crippen molar-refractivity contribution in [3.63, 3.8) is 0 Å². The zero-order valence-corrected chi connectivity index (χ0v) is 10.7. The van der Waals surface area contributed by atoms with Gasteiger partial charge in [-0.2, -0.15) is 0 Å². The lowest BCUT2D eigenvalue weighted by Crippen LogP contribution is -2.07. The third-order valence-corrected chi connectivity index (χ3v) is 3.03. The lowest BCUT2D eigenvalue weighted by atomic mass is 10.1. The van der Waals surface area contributed by atoms with Gasteiger partial charge in [0.25, 0.3) is 0 Å². The van der Waals surface area contributed by atoms with E-state index in [0.29, 0.717) is 12.5 Å². The van der Waals surface area contributed by atoms with Gasteiger partial charge in [-0.05, 0) is 37.0 Å². The molecule has 98 valence electrons. The van der Waals surface area contributed by atoms with Crippen LogP contribution < -0.4 is 4.74 Å². The number of carbonyl (C=O) groups excluding carboxylic acids is 1. The van der Waals surface area contributed by atoms with Gasteiger partial charge in [-0.15, -0.1) is 0 Å². The van der Waals surface area contributed by atoms with Gasteiger partial charge in [0.2, 0.25) is 0 Å². The first-order valence-electron chi connectivity index (χ1n) is 6.14. The molecule has 0 radical (unpaired) electrons. The molecule has 2 rings (SSSR count). The first-order chi connectivity index (χ1) is 8.76. The van der Waals surface area contributed by atoms with Gasteiger partial charge < -0.3 is 14.2 Å². The fourth-order valence-electron chi connectivity index (χ4n) is 2.01. The molecule has 4 nitrogen and oxygen atoms in total. The predicted octanol–water partition coefficient (Wildman–Crippen LogP) is 2.34. The standard InChI is InChI=1S/C14H18O4/c1-3-17-14(15)13-8-12(13)10-4-6-11(7-5-10)18-9-16-2/h4-7,12-13H,3,8-9H2,1-2H3/t12-,13+/m0/s1. The zero-order valence-electron chi connectivity index (χ0n) is 10.7. The molecule has 1 aliphatic rings. The Morgan fingerprint density at radius 1 is 1.33 bits per heavy atom. The van der Waals surface area contributed by atoms with Gasteiger partial charge in [0.05, 0.1) is 12.5 Å². The number of hydrogen-bond acceptors (Lipinski definition) is 4. The summed E-state index contributed by atoms with van der Waals surface area (Å²) in [6.07, 6.45) is 0.886. The zero-order chi connectivity index (χ0) is 13.0. The van der Waals surface area contributed by atoms with Crippen LogP contribution in [0.3, 0.4) is 0 Å². The summed E-state index contributed by atoms with van der Waals surface area (Å²) in [5, 5.41) is 0. The molecular formula is C14H18O4. The second-order valence-corrected chi connectivity index (χ2v) is 4.32. The molecule has 1 aliphatic carbocycles. The topological polar surface area (TPSA) is 44.8 Å². The average Bonchev–Trinajstić information content (AvgIpc) is 3.17. The van der Waals surface area contributed by atoms with Gasteiger partial charge in [0, 0.05) is 7.11 Å². The molecule has 18 heavy (non-hydrogen) atoms. The van der Waals surface area contributed by atoms with Gasteiger partial charge in [0.1, 0.15) is 5.75 Å². The quantitative estimate of drug-likeness (QED) is 0.574. The summed E-state index contributed by atoms with van der Waals surface area (Å²) in [6, 6.07) is 7.79. The van der Waals surface area contributed by atoms with E-state index in [1.807, 2.05) is 31.2 Å². The summed E-state index contributed by atoms with van der Waals surface area (Å²) >= 11 is 0. The monoisotopic (exact) mass is 250 g/mol. The molecule has 0 aromatic heterocycles. The van der Waals surface area contributed by atoms with Crippen LogP contribution in [0.25, 0.3) is 0 Å². The number of hydrogen-bond donors (Lipinski definition) is 0. The van der Waals surface area contributed by atoms with Crippen LogP contribution in [-0.2, 0) is 14.3 Å². The van der Waals surface area contributed by atoms with Crippen molar-refractivity contribution in [3.8, 4) is 5.75 Å². The maximum atomic E-state index is 11.5. The molecule has 2 atom stereocenters. The first-order valence-corrected chi connectivity index (χ1v) is 6.14. The second kappa shape index (κ2) is 5.87. The highest BCUT2D eigenvalue weighted by Crippen LogP contribution is 2.48. The Bertz CT molecular complexity index is 399. The molecule has 1 fully saturated rings. The highest BCUT2D eigenvalue weighted by atomic mass is 16.7. The van der Waals surface area contributed by atoms with E-state index in [9.17, 15) is 4.79 Å². The summed E-state index contributed by atoms with van der Waals surface area (Å²) in [5.41, 5.74) is 1.16. The molecule has 0 saturated heterocycles. The number of methoxy groups -OCH3 is 1. The van der Waals surface area contributed by atoms with Crippen LogP contribution in [0.1, 0.15) is 24.8 Å². The first kappa shape index (κ1) is 12.9. The van der Waals surface area contributed by atoms with E-state index in [1.54, 1.807) is 7.11 Å². The van der Waals surface area contributed by atoms with Crippen molar-refractivity contribution in [3.05, 3.63) is 29.8 Å². The Hall–Kier alpha value is -1.55. The molecule has 0 heterocycles. The van der Waals surface area contributed by atoms with Gasteiger partial charge >= 0.3 is 5.97 Å².